The summed E-state index contributed by atoms with van der Waals surface area (Å²) in [6.07, 6.45) is 2.05. The molecule has 0 aliphatic heterocycles. The van der Waals surface area contributed by atoms with Gasteiger partial charge in [-0.05, 0) is 31.0 Å². The Bertz CT molecular complexity index is 712. The second-order valence-electron chi connectivity index (χ2n) is 5.22. The van der Waals surface area contributed by atoms with E-state index in [4.69, 9.17) is 5.11 Å². The summed E-state index contributed by atoms with van der Waals surface area (Å²) in [7, 11) is 0. The molecule has 1 saturated carbocycles. The third-order valence-corrected chi connectivity index (χ3v) is 4.98. The normalized spacial score (nSPS) is 21.6. The summed E-state index contributed by atoms with van der Waals surface area (Å²) in [5.74, 6) is -2.08. The predicted molar refractivity (Wildman–Crippen MR) is 78.0 cm³/mol. The van der Waals surface area contributed by atoms with Crippen LogP contribution in [0.4, 0.5) is 4.39 Å². The number of carbonyl (C=O) groups is 2. The summed E-state index contributed by atoms with van der Waals surface area (Å²) >= 11 is 1.21. The third kappa shape index (κ3) is 2.63. The van der Waals surface area contributed by atoms with E-state index in [1.807, 2.05) is 0 Å². The van der Waals surface area contributed by atoms with E-state index in [2.05, 4.69) is 5.32 Å². The molecule has 0 saturated heterocycles. The lowest BCUT2D eigenvalue weighted by atomic mass is 10.0. The second kappa shape index (κ2) is 5.44. The molecular formula is C15H14FNO3S. The van der Waals surface area contributed by atoms with Crippen LogP contribution in [0.25, 0.3) is 10.1 Å². The van der Waals surface area contributed by atoms with Crippen molar-refractivity contribution in [2.24, 2.45) is 5.92 Å². The molecule has 1 amide bonds. The number of benzene rings is 1. The minimum atomic E-state index is -0.875. The maximum Gasteiger partial charge on any atom is 0.308 e. The molecule has 6 heteroatoms. The molecule has 1 aliphatic carbocycles. The number of fused-ring (bicyclic) bond motifs is 1. The van der Waals surface area contributed by atoms with Crippen molar-refractivity contribution in [2.75, 3.05) is 0 Å². The maximum absolute atomic E-state index is 13.6. The molecule has 2 unspecified atom stereocenters. The Kier molecular flexibility index (Phi) is 3.63. The number of rotatable bonds is 3. The number of nitrogens with one attached hydrogen (secondary N) is 1. The van der Waals surface area contributed by atoms with Crippen LogP contribution in [-0.4, -0.2) is 23.0 Å². The van der Waals surface area contributed by atoms with Crippen molar-refractivity contribution in [3.05, 3.63) is 35.0 Å². The van der Waals surface area contributed by atoms with Crippen molar-refractivity contribution in [1.82, 2.24) is 5.32 Å². The molecular weight excluding hydrogens is 293 g/mol. The van der Waals surface area contributed by atoms with Gasteiger partial charge in [-0.25, -0.2) is 4.39 Å². The van der Waals surface area contributed by atoms with Gasteiger partial charge >= 0.3 is 5.97 Å². The van der Waals surface area contributed by atoms with Gasteiger partial charge in [0.05, 0.1) is 10.8 Å². The number of hydrogen-bond acceptors (Lipinski definition) is 3. The minimum Gasteiger partial charge on any atom is -0.481 e. The molecule has 1 aliphatic rings. The zero-order valence-electron chi connectivity index (χ0n) is 11.1. The van der Waals surface area contributed by atoms with Gasteiger partial charge in [-0.2, -0.15) is 0 Å². The van der Waals surface area contributed by atoms with Crippen LogP contribution >= 0.6 is 11.3 Å². The fourth-order valence-corrected chi connectivity index (χ4v) is 3.78. The Hall–Kier alpha value is -1.95. The van der Waals surface area contributed by atoms with Gasteiger partial charge in [0.1, 0.15) is 5.82 Å². The number of carboxylic acid groups (broad SMARTS) is 1. The first-order valence-corrected chi connectivity index (χ1v) is 7.59. The largest absolute Gasteiger partial charge is 0.481 e. The molecule has 110 valence electrons. The highest BCUT2D eigenvalue weighted by Crippen LogP contribution is 2.29. The van der Waals surface area contributed by atoms with E-state index in [1.165, 1.54) is 23.5 Å². The second-order valence-corrected chi connectivity index (χ2v) is 6.30. The van der Waals surface area contributed by atoms with Crippen molar-refractivity contribution in [3.8, 4) is 0 Å². The molecule has 0 spiro atoms. The first-order chi connectivity index (χ1) is 10.1. The van der Waals surface area contributed by atoms with Crippen LogP contribution in [0.2, 0.25) is 0 Å². The van der Waals surface area contributed by atoms with Crippen LogP contribution in [-0.2, 0) is 4.79 Å². The van der Waals surface area contributed by atoms with Crippen molar-refractivity contribution in [1.29, 1.82) is 0 Å². The smallest absolute Gasteiger partial charge is 0.308 e. The molecule has 1 heterocycles. The van der Waals surface area contributed by atoms with Gasteiger partial charge in [0.15, 0.2) is 0 Å². The van der Waals surface area contributed by atoms with E-state index in [-0.39, 0.29) is 17.8 Å². The molecule has 21 heavy (non-hydrogen) atoms. The van der Waals surface area contributed by atoms with Gasteiger partial charge in [0.2, 0.25) is 0 Å². The van der Waals surface area contributed by atoms with E-state index < -0.39 is 11.9 Å². The van der Waals surface area contributed by atoms with Gasteiger partial charge in [-0.15, -0.1) is 11.3 Å². The minimum absolute atomic E-state index is 0.325. The van der Waals surface area contributed by atoms with Crippen LogP contribution in [0.1, 0.15) is 28.9 Å². The van der Waals surface area contributed by atoms with Gasteiger partial charge < -0.3 is 10.4 Å². The number of amides is 1. The summed E-state index contributed by atoms with van der Waals surface area (Å²) in [6, 6.07) is 5.90. The van der Waals surface area contributed by atoms with Crippen molar-refractivity contribution >= 4 is 33.3 Å². The summed E-state index contributed by atoms with van der Waals surface area (Å²) in [5.41, 5.74) is 0. The molecule has 1 aromatic heterocycles. The lowest BCUT2D eigenvalue weighted by molar-refractivity contribution is -0.142. The van der Waals surface area contributed by atoms with Crippen molar-refractivity contribution < 1.29 is 19.1 Å². The molecule has 2 aromatic rings. The SMILES string of the molecule is O=C(NC1CCCC1C(=O)O)c1cc2c(F)cccc2s1. The summed E-state index contributed by atoms with van der Waals surface area (Å²) in [6.45, 7) is 0. The number of hydrogen-bond donors (Lipinski definition) is 2. The molecule has 1 aromatic carbocycles. The maximum atomic E-state index is 13.6. The molecule has 1 fully saturated rings. The number of carbonyl (C=O) groups excluding carboxylic acids is 1. The molecule has 0 radical (unpaired) electrons. The Balaban J connectivity index is 1.81. The van der Waals surface area contributed by atoms with E-state index in [0.29, 0.717) is 27.8 Å². The first kappa shape index (κ1) is 14.0. The Labute approximate surface area is 124 Å². The molecule has 3 rings (SSSR count). The first-order valence-electron chi connectivity index (χ1n) is 6.78. The summed E-state index contributed by atoms with van der Waals surface area (Å²) in [5, 5.41) is 12.3. The third-order valence-electron chi connectivity index (χ3n) is 3.88. The summed E-state index contributed by atoms with van der Waals surface area (Å²) < 4.78 is 14.3. The molecule has 4 nitrogen and oxygen atoms in total. The Morgan fingerprint density at radius 1 is 1.33 bits per heavy atom. The van der Waals surface area contributed by atoms with Gasteiger partial charge in [-0.1, -0.05) is 12.5 Å². The van der Waals surface area contributed by atoms with E-state index >= 15 is 0 Å². The highest BCUT2D eigenvalue weighted by molar-refractivity contribution is 7.20. The Morgan fingerprint density at radius 2 is 2.14 bits per heavy atom. The molecule has 2 atom stereocenters. The van der Waals surface area contributed by atoms with Crippen molar-refractivity contribution in [2.45, 2.75) is 25.3 Å². The van der Waals surface area contributed by atoms with E-state index in [0.717, 1.165) is 6.42 Å². The van der Waals surface area contributed by atoms with Crippen molar-refractivity contribution in [3.63, 3.8) is 0 Å². The Morgan fingerprint density at radius 3 is 2.86 bits per heavy atom. The predicted octanol–water partition coefficient (Wildman–Crippen LogP) is 3.02. The van der Waals surface area contributed by atoms with Crippen LogP contribution in [0.5, 0.6) is 0 Å². The van der Waals surface area contributed by atoms with E-state index in [1.54, 1.807) is 12.1 Å². The number of halogens is 1. The fourth-order valence-electron chi connectivity index (χ4n) is 2.81. The molecule has 0 bridgehead atoms. The topological polar surface area (TPSA) is 66.4 Å². The number of aliphatic carboxylic acids is 1. The highest BCUT2D eigenvalue weighted by Gasteiger charge is 2.34. The summed E-state index contributed by atoms with van der Waals surface area (Å²) in [4.78, 5) is 23.8. The lowest BCUT2D eigenvalue weighted by Gasteiger charge is -2.16. The quantitative estimate of drug-likeness (QED) is 0.916. The van der Waals surface area contributed by atoms with Crippen LogP contribution in [0.3, 0.4) is 0 Å². The average molecular weight is 307 g/mol. The monoisotopic (exact) mass is 307 g/mol. The molecule has 2 N–H and O–H groups in total. The van der Waals surface area contributed by atoms with Gasteiger partial charge in [0, 0.05) is 16.1 Å². The standard InChI is InChI=1S/C15H14FNO3S/c16-10-4-2-6-12-9(10)7-13(21-12)14(18)17-11-5-1-3-8(11)15(19)20/h2,4,6-8,11H,1,3,5H2,(H,17,18)(H,19,20). The number of carboxylic acids is 1. The average Bonchev–Trinajstić information content (AvgIpc) is 3.05. The highest BCUT2D eigenvalue weighted by atomic mass is 32.1. The van der Waals surface area contributed by atoms with Crippen LogP contribution in [0.15, 0.2) is 24.3 Å². The van der Waals surface area contributed by atoms with Crippen LogP contribution in [0, 0.1) is 11.7 Å². The zero-order valence-corrected chi connectivity index (χ0v) is 12.0. The van der Waals surface area contributed by atoms with Crippen LogP contribution < -0.4 is 5.32 Å². The lowest BCUT2D eigenvalue weighted by Crippen LogP contribution is -2.39. The zero-order chi connectivity index (χ0) is 15.0. The van der Waals surface area contributed by atoms with E-state index in [9.17, 15) is 14.0 Å². The van der Waals surface area contributed by atoms with Gasteiger partial charge in [0.25, 0.3) is 5.91 Å². The fraction of sp³-hybridized carbons (Fsp3) is 0.333. The van der Waals surface area contributed by atoms with Gasteiger partial charge in [-0.3, -0.25) is 9.59 Å². The number of thiophene rings is 1.